The summed E-state index contributed by atoms with van der Waals surface area (Å²) in [7, 11) is 1.96. The molecule has 1 aromatic heterocycles. The SMILES string of the molecule is Cc1nn(C)cc1CN1CCN(C(=S)Nc2cccc(Cl)c2Cl)CC1. The van der Waals surface area contributed by atoms with Gasteiger partial charge >= 0.3 is 0 Å². The zero-order chi connectivity index (χ0) is 18.0. The van der Waals surface area contributed by atoms with Crippen molar-refractivity contribution in [3.8, 4) is 0 Å². The lowest BCUT2D eigenvalue weighted by atomic mass is 10.2. The molecule has 0 radical (unpaired) electrons. The molecule has 0 saturated carbocycles. The minimum Gasteiger partial charge on any atom is -0.346 e. The van der Waals surface area contributed by atoms with Crippen molar-refractivity contribution >= 4 is 46.2 Å². The molecule has 1 aliphatic rings. The van der Waals surface area contributed by atoms with Crippen LogP contribution in [-0.4, -0.2) is 50.9 Å². The Balaban J connectivity index is 1.54. The number of thiocarbonyl (C=S) groups is 1. The number of aromatic nitrogens is 2. The molecule has 0 unspecified atom stereocenters. The largest absolute Gasteiger partial charge is 0.346 e. The van der Waals surface area contributed by atoms with E-state index in [0.717, 1.165) is 44.1 Å². The van der Waals surface area contributed by atoms with Crippen LogP contribution in [0.5, 0.6) is 0 Å². The van der Waals surface area contributed by atoms with Gasteiger partial charge in [0.25, 0.3) is 0 Å². The maximum Gasteiger partial charge on any atom is 0.173 e. The first-order valence-corrected chi connectivity index (χ1v) is 9.32. The first-order valence-electron chi connectivity index (χ1n) is 8.15. The average molecular weight is 398 g/mol. The van der Waals surface area contributed by atoms with Gasteiger partial charge in [-0.3, -0.25) is 9.58 Å². The van der Waals surface area contributed by atoms with Crippen LogP contribution in [0.25, 0.3) is 0 Å². The Morgan fingerprint density at radius 2 is 1.96 bits per heavy atom. The molecule has 0 atom stereocenters. The summed E-state index contributed by atoms with van der Waals surface area (Å²) in [6.45, 7) is 6.65. The number of aryl methyl sites for hydroxylation is 2. The van der Waals surface area contributed by atoms with E-state index >= 15 is 0 Å². The molecule has 1 aromatic carbocycles. The van der Waals surface area contributed by atoms with E-state index in [0.29, 0.717) is 15.2 Å². The molecule has 134 valence electrons. The maximum absolute atomic E-state index is 6.22. The van der Waals surface area contributed by atoms with Crippen molar-refractivity contribution < 1.29 is 0 Å². The fourth-order valence-electron chi connectivity index (χ4n) is 2.95. The van der Waals surface area contributed by atoms with Gasteiger partial charge in [-0.1, -0.05) is 29.3 Å². The number of hydrogen-bond acceptors (Lipinski definition) is 3. The highest BCUT2D eigenvalue weighted by molar-refractivity contribution is 7.80. The molecule has 2 heterocycles. The lowest BCUT2D eigenvalue weighted by molar-refractivity contribution is 0.176. The molecule has 0 spiro atoms. The Hall–Kier alpha value is -1.34. The normalized spacial score (nSPS) is 15.4. The summed E-state index contributed by atoms with van der Waals surface area (Å²) in [5, 5.41) is 9.31. The first kappa shape index (κ1) is 18.5. The van der Waals surface area contributed by atoms with Gasteiger partial charge in [0.05, 0.1) is 21.4 Å². The minimum absolute atomic E-state index is 0.497. The quantitative estimate of drug-likeness (QED) is 0.801. The monoisotopic (exact) mass is 397 g/mol. The van der Waals surface area contributed by atoms with E-state index in [-0.39, 0.29) is 0 Å². The molecule has 1 N–H and O–H groups in total. The van der Waals surface area contributed by atoms with E-state index in [1.807, 2.05) is 23.9 Å². The number of nitrogens with zero attached hydrogens (tertiary/aromatic N) is 4. The Morgan fingerprint density at radius 3 is 2.60 bits per heavy atom. The molecule has 0 amide bonds. The zero-order valence-electron chi connectivity index (χ0n) is 14.3. The van der Waals surface area contributed by atoms with Crippen molar-refractivity contribution in [3.63, 3.8) is 0 Å². The molecule has 0 aliphatic carbocycles. The van der Waals surface area contributed by atoms with Crippen LogP contribution < -0.4 is 5.32 Å². The topological polar surface area (TPSA) is 36.3 Å². The van der Waals surface area contributed by atoms with E-state index in [4.69, 9.17) is 35.4 Å². The van der Waals surface area contributed by atoms with Crippen LogP contribution in [0.4, 0.5) is 5.69 Å². The molecule has 1 fully saturated rings. The number of rotatable bonds is 3. The van der Waals surface area contributed by atoms with Crippen LogP contribution in [0.1, 0.15) is 11.3 Å². The molecular formula is C17H21Cl2N5S. The van der Waals surface area contributed by atoms with Crippen LogP contribution in [0, 0.1) is 6.92 Å². The molecule has 25 heavy (non-hydrogen) atoms. The highest BCUT2D eigenvalue weighted by Crippen LogP contribution is 2.29. The summed E-state index contributed by atoms with van der Waals surface area (Å²) in [6.07, 6.45) is 2.09. The van der Waals surface area contributed by atoms with Crippen molar-refractivity contribution in [2.45, 2.75) is 13.5 Å². The highest BCUT2D eigenvalue weighted by Gasteiger charge is 2.20. The van der Waals surface area contributed by atoms with Crippen molar-refractivity contribution in [1.29, 1.82) is 0 Å². The molecule has 5 nitrogen and oxygen atoms in total. The molecule has 3 rings (SSSR count). The smallest absolute Gasteiger partial charge is 0.173 e. The standard InChI is InChI=1S/C17H21Cl2N5S/c1-12-13(10-22(2)21-12)11-23-6-8-24(9-7-23)17(25)20-15-5-3-4-14(18)16(15)19/h3-5,10H,6-9,11H2,1-2H3,(H,20,25). The Kier molecular flexibility index (Phi) is 5.84. The summed E-state index contributed by atoms with van der Waals surface area (Å²) >= 11 is 17.8. The van der Waals surface area contributed by atoms with Gasteiger partial charge in [-0.25, -0.2) is 0 Å². The zero-order valence-corrected chi connectivity index (χ0v) is 16.6. The van der Waals surface area contributed by atoms with Gasteiger partial charge in [0.1, 0.15) is 0 Å². The first-order chi connectivity index (χ1) is 11.9. The molecule has 1 saturated heterocycles. The fraction of sp³-hybridized carbons (Fsp3) is 0.412. The van der Waals surface area contributed by atoms with Crippen LogP contribution in [0.2, 0.25) is 10.0 Å². The minimum atomic E-state index is 0.497. The van der Waals surface area contributed by atoms with Crippen molar-refractivity contribution in [1.82, 2.24) is 19.6 Å². The summed E-state index contributed by atoms with van der Waals surface area (Å²) in [6, 6.07) is 5.49. The third-order valence-electron chi connectivity index (χ3n) is 4.36. The number of anilines is 1. The van der Waals surface area contributed by atoms with E-state index in [2.05, 4.69) is 33.3 Å². The lowest BCUT2D eigenvalue weighted by Gasteiger charge is -2.36. The second-order valence-corrected chi connectivity index (χ2v) is 7.38. The summed E-state index contributed by atoms with van der Waals surface area (Å²) in [5.41, 5.74) is 3.12. The molecule has 8 heteroatoms. The Labute approximate surface area is 163 Å². The van der Waals surface area contributed by atoms with Gasteiger partial charge < -0.3 is 10.2 Å². The van der Waals surface area contributed by atoms with Crippen LogP contribution >= 0.6 is 35.4 Å². The second kappa shape index (κ2) is 7.91. The van der Waals surface area contributed by atoms with Crippen LogP contribution in [0.3, 0.4) is 0 Å². The van der Waals surface area contributed by atoms with Gasteiger partial charge in [-0.05, 0) is 31.3 Å². The van der Waals surface area contributed by atoms with Crippen molar-refractivity contribution in [3.05, 3.63) is 45.7 Å². The summed E-state index contributed by atoms with van der Waals surface area (Å²) in [5.74, 6) is 0. The number of halogens is 2. The Bertz CT molecular complexity index is 768. The van der Waals surface area contributed by atoms with E-state index in [9.17, 15) is 0 Å². The summed E-state index contributed by atoms with van der Waals surface area (Å²) in [4.78, 5) is 4.59. The van der Waals surface area contributed by atoms with E-state index in [1.54, 1.807) is 6.07 Å². The second-order valence-electron chi connectivity index (χ2n) is 6.21. The molecule has 2 aromatic rings. The van der Waals surface area contributed by atoms with Gasteiger partial charge in [-0.15, -0.1) is 0 Å². The fourth-order valence-corrected chi connectivity index (χ4v) is 3.59. The van der Waals surface area contributed by atoms with Crippen LogP contribution in [-0.2, 0) is 13.6 Å². The van der Waals surface area contributed by atoms with Gasteiger partial charge in [0, 0.05) is 51.5 Å². The molecule has 1 aliphatic heterocycles. The van der Waals surface area contributed by atoms with E-state index in [1.165, 1.54) is 5.56 Å². The number of benzene rings is 1. The van der Waals surface area contributed by atoms with Gasteiger partial charge in [0.2, 0.25) is 0 Å². The van der Waals surface area contributed by atoms with Gasteiger partial charge in [0.15, 0.2) is 5.11 Å². The maximum atomic E-state index is 6.22. The lowest BCUT2D eigenvalue weighted by Crippen LogP contribution is -2.49. The average Bonchev–Trinajstić information content (AvgIpc) is 2.90. The predicted molar refractivity (Wildman–Crippen MR) is 107 cm³/mol. The van der Waals surface area contributed by atoms with E-state index < -0.39 is 0 Å². The summed E-state index contributed by atoms with van der Waals surface area (Å²) < 4.78 is 1.87. The third-order valence-corrected chi connectivity index (χ3v) is 5.54. The number of piperazine rings is 1. The number of nitrogens with one attached hydrogen (secondary N) is 1. The van der Waals surface area contributed by atoms with Crippen molar-refractivity contribution in [2.24, 2.45) is 7.05 Å². The number of hydrogen-bond donors (Lipinski definition) is 1. The third kappa shape index (κ3) is 4.44. The predicted octanol–water partition coefficient (Wildman–Crippen LogP) is 3.55. The van der Waals surface area contributed by atoms with Crippen LogP contribution in [0.15, 0.2) is 24.4 Å². The highest BCUT2D eigenvalue weighted by atomic mass is 35.5. The van der Waals surface area contributed by atoms with Crippen molar-refractivity contribution in [2.75, 3.05) is 31.5 Å². The molecule has 0 bridgehead atoms. The molecular weight excluding hydrogens is 377 g/mol. The Morgan fingerprint density at radius 1 is 1.24 bits per heavy atom. The van der Waals surface area contributed by atoms with Gasteiger partial charge in [-0.2, -0.15) is 5.10 Å².